The van der Waals surface area contributed by atoms with Crippen LogP contribution in [-0.2, 0) is 6.54 Å². The number of rotatable bonds is 5. The van der Waals surface area contributed by atoms with Gasteiger partial charge in [-0.1, -0.05) is 29.3 Å². The van der Waals surface area contributed by atoms with Crippen molar-refractivity contribution >= 4 is 34.9 Å². The van der Waals surface area contributed by atoms with E-state index in [4.69, 9.17) is 32.7 Å². The minimum Gasteiger partial charge on any atom is -0.454 e. The lowest BCUT2D eigenvalue weighted by Gasteiger charge is -2.06. The Hall–Kier alpha value is -3.49. The van der Waals surface area contributed by atoms with Crippen molar-refractivity contribution in [2.45, 2.75) is 6.54 Å². The van der Waals surface area contributed by atoms with Gasteiger partial charge in [0.2, 0.25) is 6.79 Å². The highest BCUT2D eigenvalue weighted by Gasteiger charge is 2.17. The number of aromatic amines is 1. The molecule has 8 nitrogen and oxygen atoms in total. The van der Waals surface area contributed by atoms with Crippen molar-refractivity contribution in [2.75, 3.05) is 12.1 Å². The van der Waals surface area contributed by atoms with Gasteiger partial charge in [0.25, 0.3) is 5.91 Å². The highest BCUT2D eigenvalue weighted by atomic mass is 35.5. The van der Waals surface area contributed by atoms with Gasteiger partial charge in [0.05, 0.1) is 12.2 Å². The number of ether oxygens (including phenoxy) is 2. The van der Waals surface area contributed by atoms with E-state index in [9.17, 15) is 4.79 Å². The molecule has 0 bridgehead atoms. The average molecular weight is 456 g/mol. The van der Waals surface area contributed by atoms with Crippen LogP contribution in [0, 0.1) is 0 Å². The van der Waals surface area contributed by atoms with Crippen molar-refractivity contribution < 1.29 is 14.3 Å². The molecule has 0 aliphatic carbocycles. The second-order valence-electron chi connectivity index (χ2n) is 6.79. The maximum absolute atomic E-state index is 12.6. The number of hydrogen-bond acceptors (Lipinski definition) is 5. The van der Waals surface area contributed by atoms with E-state index in [1.165, 1.54) is 0 Å². The monoisotopic (exact) mass is 455 g/mol. The zero-order chi connectivity index (χ0) is 21.4. The van der Waals surface area contributed by atoms with Crippen molar-refractivity contribution in [3.63, 3.8) is 0 Å². The average Bonchev–Trinajstić information content (AvgIpc) is 3.50. The van der Waals surface area contributed by atoms with E-state index in [-0.39, 0.29) is 12.7 Å². The van der Waals surface area contributed by atoms with Crippen LogP contribution in [0.1, 0.15) is 16.1 Å². The first-order chi connectivity index (χ1) is 15.1. The molecule has 1 aliphatic heterocycles. The van der Waals surface area contributed by atoms with Crippen LogP contribution in [0.5, 0.6) is 11.5 Å². The summed E-state index contributed by atoms with van der Waals surface area (Å²) in [5, 5.41) is 15.2. The van der Waals surface area contributed by atoms with Gasteiger partial charge in [-0.25, -0.2) is 0 Å². The normalized spacial score (nSPS) is 12.2. The van der Waals surface area contributed by atoms with Gasteiger partial charge in [-0.15, -0.1) is 0 Å². The zero-order valence-electron chi connectivity index (χ0n) is 15.9. The summed E-state index contributed by atoms with van der Waals surface area (Å²) in [6.45, 7) is 0.578. The molecule has 0 unspecified atom stereocenters. The minimum atomic E-state index is -0.361. The van der Waals surface area contributed by atoms with Crippen LogP contribution in [0.25, 0.3) is 11.3 Å². The zero-order valence-corrected chi connectivity index (χ0v) is 17.4. The molecule has 2 aromatic carbocycles. The molecule has 5 rings (SSSR count). The number of amides is 1. The summed E-state index contributed by atoms with van der Waals surface area (Å²) < 4.78 is 12.3. The number of fused-ring (bicyclic) bond motifs is 1. The molecule has 2 N–H and O–H groups in total. The van der Waals surface area contributed by atoms with Gasteiger partial charge in [-0.05, 0) is 36.4 Å². The Balaban J connectivity index is 1.28. The van der Waals surface area contributed by atoms with E-state index >= 15 is 0 Å². The topological polar surface area (TPSA) is 94.1 Å². The second kappa shape index (κ2) is 7.98. The molecular formula is C21H15Cl2N5O3. The minimum absolute atomic E-state index is 0.197. The van der Waals surface area contributed by atoms with Crippen molar-refractivity contribution in [1.29, 1.82) is 0 Å². The van der Waals surface area contributed by atoms with E-state index in [1.54, 1.807) is 41.2 Å². The molecule has 3 heterocycles. The lowest BCUT2D eigenvalue weighted by molar-refractivity contribution is 0.102. The fourth-order valence-electron chi connectivity index (χ4n) is 3.19. The van der Waals surface area contributed by atoms with Crippen LogP contribution >= 0.6 is 23.2 Å². The molecule has 0 radical (unpaired) electrons. The lowest BCUT2D eigenvalue weighted by atomic mass is 10.1. The summed E-state index contributed by atoms with van der Waals surface area (Å²) in [6.07, 6.45) is 1.74. The molecule has 0 saturated heterocycles. The number of nitrogens with one attached hydrogen (secondary N) is 2. The fourth-order valence-corrected chi connectivity index (χ4v) is 3.70. The first kappa shape index (κ1) is 19.5. The smallest absolute Gasteiger partial charge is 0.274 e. The van der Waals surface area contributed by atoms with Crippen molar-refractivity contribution in [3.8, 4) is 22.8 Å². The van der Waals surface area contributed by atoms with E-state index in [0.717, 1.165) is 11.1 Å². The summed E-state index contributed by atoms with van der Waals surface area (Å²) in [4.78, 5) is 12.6. The summed E-state index contributed by atoms with van der Waals surface area (Å²) in [6, 6.07) is 14.2. The van der Waals surface area contributed by atoms with E-state index in [1.807, 2.05) is 18.2 Å². The number of halogens is 2. The van der Waals surface area contributed by atoms with Crippen LogP contribution in [-0.4, -0.2) is 32.7 Å². The van der Waals surface area contributed by atoms with Gasteiger partial charge >= 0.3 is 0 Å². The fraction of sp³-hybridized carbons (Fsp3) is 0.0952. The number of carbonyl (C=O) groups excluding carboxylic acids is 1. The maximum atomic E-state index is 12.6. The number of H-pyrrole nitrogens is 1. The van der Waals surface area contributed by atoms with Gasteiger partial charge in [0.15, 0.2) is 17.3 Å². The summed E-state index contributed by atoms with van der Waals surface area (Å²) in [7, 11) is 0. The van der Waals surface area contributed by atoms with Gasteiger partial charge in [-0.2, -0.15) is 10.2 Å². The Morgan fingerprint density at radius 2 is 1.90 bits per heavy atom. The summed E-state index contributed by atoms with van der Waals surface area (Å²) in [5.74, 6) is 1.37. The third-order valence-corrected chi connectivity index (χ3v) is 5.46. The standard InChI is InChI=1S/C21H15Cl2N5O3/c22-14-2-1-3-15(23)13(14)10-28-7-6-20(27-28)24-21(29)17-9-16(25-26-17)12-4-5-18-19(8-12)31-11-30-18/h1-9H,10-11H2,(H,25,26)(H,24,27,29). The Morgan fingerprint density at radius 3 is 2.74 bits per heavy atom. The van der Waals surface area contributed by atoms with Crippen molar-refractivity contribution in [1.82, 2.24) is 20.0 Å². The Bertz CT molecular complexity index is 1260. The van der Waals surface area contributed by atoms with Crippen LogP contribution < -0.4 is 14.8 Å². The molecule has 156 valence electrons. The maximum Gasteiger partial charge on any atom is 0.274 e. The van der Waals surface area contributed by atoms with Crippen LogP contribution in [0.3, 0.4) is 0 Å². The molecular weight excluding hydrogens is 441 g/mol. The molecule has 0 fully saturated rings. The molecule has 2 aromatic heterocycles. The predicted molar refractivity (Wildman–Crippen MR) is 116 cm³/mol. The highest BCUT2D eigenvalue weighted by Crippen LogP contribution is 2.35. The van der Waals surface area contributed by atoms with E-state index in [2.05, 4.69) is 20.6 Å². The van der Waals surface area contributed by atoms with Crippen molar-refractivity contribution in [2.24, 2.45) is 0 Å². The predicted octanol–water partition coefficient (Wildman–Crippen LogP) is 4.61. The first-order valence-corrected chi connectivity index (χ1v) is 10.1. The van der Waals surface area contributed by atoms with Crippen LogP contribution in [0.15, 0.2) is 54.7 Å². The number of carbonyl (C=O) groups is 1. The number of nitrogens with zero attached hydrogens (tertiary/aromatic N) is 3. The van der Waals surface area contributed by atoms with Gasteiger partial charge < -0.3 is 14.8 Å². The molecule has 1 aliphatic rings. The quantitative estimate of drug-likeness (QED) is 0.458. The van der Waals surface area contributed by atoms with Gasteiger partial charge in [0.1, 0.15) is 5.69 Å². The van der Waals surface area contributed by atoms with E-state index < -0.39 is 0 Å². The van der Waals surface area contributed by atoms with E-state index in [0.29, 0.717) is 45.3 Å². The van der Waals surface area contributed by atoms with Gasteiger partial charge in [0, 0.05) is 33.4 Å². The Labute approximate surface area is 186 Å². The first-order valence-electron chi connectivity index (χ1n) is 9.30. The molecule has 0 spiro atoms. The molecule has 0 atom stereocenters. The second-order valence-corrected chi connectivity index (χ2v) is 7.60. The Kier molecular flexibility index (Phi) is 5.01. The highest BCUT2D eigenvalue weighted by molar-refractivity contribution is 6.35. The summed E-state index contributed by atoms with van der Waals surface area (Å²) >= 11 is 12.4. The van der Waals surface area contributed by atoms with Crippen LogP contribution in [0.4, 0.5) is 5.82 Å². The SMILES string of the molecule is O=C(Nc1ccn(Cc2c(Cl)cccc2Cl)n1)c1cc(-c2ccc3c(c2)OCO3)n[nH]1. The van der Waals surface area contributed by atoms with Crippen molar-refractivity contribution in [3.05, 3.63) is 76.0 Å². The summed E-state index contributed by atoms with van der Waals surface area (Å²) in [5.41, 5.74) is 2.48. The largest absolute Gasteiger partial charge is 0.454 e. The number of anilines is 1. The van der Waals surface area contributed by atoms with Crippen LogP contribution in [0.2, 0.25) is 10.0 Å². The molecule has 0 saturated carbocycles. The lowest BCUT2D eigenvalue weighted by Crippen LogP contribution is -2.13. The molecule has 31 heavy (non-hydrogen) atoms. The third kappa shape index (κ3) is 3.95. The number of aromatic nitrogens is 4. The van der Waals surface area contributed by atoms with Gasteiger partial charge in [-0.3, -0.25) is 14.6 Å². The number of hydrogen-bond donors (Lipinski definition) is 2. The third-order valence-electron chi connectivity index (χ3n) is 4.75. The molecule has 1 amide bonds. The molecule has 10 heteroatoms. The molecule has 4 aromatic rings. The number of benzene rings is 2. The Morgan fingerprint density at radius 1 is 1.10 bits per heavy atom.